The van der Waals surface area contributed by atoms with E-state index in [0.717, 1.165) is 0 Å². The van der Waals surface area contributed by atoms with E-state index in [1.54, 1.807) is 12.1 Å². The molecule has 0 aliphatic rings. The van der Waals surface area contributed by atoms with Crippen LogP contribution in [0, 0.1) is 5.82 Å². The highest BCUT2D eigenvalue weighted by molar-refractivity contribution is 9.10. The molecule has 0 N–H and O–H groups in total. The Balaban J connectivity index is 2.38. The molecule has 3 nitrogen and oxygen atoms in total. The Labute approximate surface area is 118 Å². The molecule has 0 aliphatic heterocycles. The van der Waals surface area contributed by atoms with Gasteiger partial charge in [0, 0.05) is 16.2 Å². The second kappa shape index (κ2) is 5.93. The number of hydrogen-bond acceptors (Lipinski definition) is 3. The Bertz CT molecular complexity index is 616. The highest BCUT2D eigenvalue weighted by Gasteiger charge is 2.15. The molecular formula is C14H11BrFNO2. The second-order valence-corrected chi connectivity index (χ2v) is 4.71. The lowest BCUT2D eigenvalue weighted by Gasteiger charge is -2.06. The molecule has 0 radical (unpaired) electrons. The number of rotatable bonds is 4. The van der Waals surface area contributed by atoms with Crippen molar-refractivity contribution in [2.45, 2.75) is 6.92 Å². The van der Waals surface area contributed by atoms with E-state index in [9.17, 15) is 9.18 Å². The quantitative estimate of drug-likeness (QED) is 0.807. The first-order valence-electron chi connectivity index (χ1n) is 5.69. The molecule has 0 aliphatic carbocycles. The van der Waals surface area contributed by atoms with E-state index in [1.807, 2.05) is 6.92 Å². The van der Waals surface area contributed by atoms with Crippen molar-refractivity contribution in [3.8, 4) is 5.75 Å². The maximum atomic E-state index is 13.7. The van der Waals surface area contributed by atoms with E-state index in [1.165, 1.54) is 24.5 Å². The van der Waals surface area contributed by atoms with Gasteiger partial charge < -0.3 is 4.74 Å². The number of ketones is 1. The smallest absolute Gasteiger partial charge is 0.197 e. The number of hydrogen-bond donors (Lipinski definition) is 0. The molecule has 0 spiro atoms. The Morgan fingerprint density at radius 2 is 2.16 bits per heavy atom. The average molecular weight is 324 g/mol. The minimum absolute atomic E-state index is 0.00447. The van der Waals surface area contributed by atoms with Crippen molar-refractivity contribution in [3.05, 3.63) is 58.1 Å². The van der Waals surface area contributed by atoms with Crippen LogP contribution < -0.4 is 4.74 Å². The number of pyridine rings is 1. The molecule has 1 aromatic heterocycles. The summed E-state index contributed by atoms with van der Waals surface area (Å²) in [7, 11) is 0. The third kappa shape index (κ3) is 3.17. The summed E-state index contributed by atoms with van der Waals surface area (Å²) in [4.78, 5) is 16.1. The van der Waals surface area contributed by atoms with Crippen LogP contribution in [0.3, 0.4) is 0 Å². The number of benzene rings is 1. The lowest BCUT2D eigenvalue weighted by Crippen LogP contribution is -2.05. The maximum Gasteiger partial charge on any atom is 0.197 e. The van der Waals surface area contributed by atoms with Gasteiger partial charge in [-0.1, -0.05) is 15.9 Å². The highest BCUT2D eigenvalue weighted by Crippen LogP contribution is 2.20. The van der Waals surface area contributed by atoms with Gasteiger partial charge in [-0.05, 0) is 31.2 Å². The third-order valence-corrected chi connectivity index (χ3v) is 2.95. The Kier molecular flexibility index (Phi) is 4.27. The standard InChI is InChI=1S/C14H11BrFNO2/c1-2-19-11-5-9(7-17-8-11)14(18)12-6-10(15)3-4-13(12)16/h3-8H,2H2,1H3. The van der Waals surface area contributed by atoms with Crippen LogP contribution in [0.2, 0.25) is 0 Å². The molecule has 19 heavy (non-hydrogen) atoms. The third-order valence-electron chi connectivity index (χ3n) is 2.46. The zero-order valence-corrected chi connectivity index (χ0v) is 11.8. The molecule has 0 unspecified atom stereocenters. The fourth-order valence-corrected chi connectivity index (χ4v) is 1.98. The zero-order chi connectivity index (χ0) is 13.8. The van der Waals surface area contributed by atoms with Gasteiger partial charge in [-0.25, -0.2) is 4.39 Å². The van der Waals surface area contributed by atoms with Gasteiger partial charge in [0.2, 0.25) is 0 Å². The number of nitrogens with zero attached hydrogens (tertiary/aromatic N) is 1. The summed E-state index contributed by atoms with van der Waals surface area (Å²) in [6, 6.07) is 5.79. The fourth-order valence-electron chi connectivity index (χ4n) is 1.62. The Morgan fingerprint density at radius 3 is 2.89 bits per heavy atom. The second-order valence-electron chi connectivity index (χ2n) is 3.80. The minimum Gasteiger partial charge on any atom is -0.492 e. The monoisotopic (exact) mass is 323 g/mol. The van der Waals surface area contributed by atoms with Crippen molar-refractivity contribution in [2.24, 2.45) is 0 Å². The molecule has 2 aromatic rings. The molecule has 5 heteroatoms. The molecule has 1 heterocycles. The summed E-state index contributed by atoms with van der Waals surface area (Å²) in [5.74, 6) is -0.494. The van der Waals surface area contributed by atoms with E-state index in [-0.39, 0.29) is 5.56 Å². The van der Waals surface area contributed by atoms with Crippen molar-refractivity contribution in [3.63, 3.8) is 0 Å². The Morgan fingerprint density at radius 1 is 1.37 bits per heavy atom. The molecular weight excluding hydrogens is 313 g/mol. The van der Waals surface area contributed by atoms with Crippen molar-refractivity contribution in [2.75, 3.05) is 6.61 Å². The summed E-state index contributed by atoms with van der Waals surface area (Å²) in [5, 5.41) is 0. The van der Waals surface area contributed by atoms with Crippen LogP contribution >= 0.6 is 15.9 Å². The van der Waals surface area contributed by atoms with Gasteiger partial charge in [0.1, 0.15) is 11.6 Å². The van der Waals surface area contributed by atoms with Gasteiger partial charge in [0.05, 0.1) is 18.4 Å². The molecule has 98 valence electrons. The Hall–Kier alpha value is -1.75. The maximum absolute atomic E-state index is 13.7. The van der Waals surface area contributed by atoms with Crippen LogP contribution in [0.4, 0.5) is 4.39 Å². The van der Waals surface area contributed by atoms with Gasteiger partial charge in [-0.2, -0.15) is 0 Å². The van der Waals surface area contributed by atoms with E-state index in [0.29, 0.717) is 22.4 Å². The summed E-state index contributed by atoms with van der Waals surface area (Å²) in [6.07, 6.45) is 2.91. The van der Waals surface area contributed by atoms with Crippen LogP contribution in [0.15, 0.2) is 41.1 Å². The summed E-state index contributed by atoms with van der Waals surface area (Å²) >= 11 is 3.22. The molecule has 0 saturated heterocycles. The largest absolute Gasteiger partial charge is 0.492 e. The summed E-state index contributed by atoms with van der Waals surface area (Å²) in [6.45, 7) is 2.31. The average Bonchev–Trinajstić information content (AvgIpc) is 2.41. The molecule has 1 aromatic carbocycles. The van der Waals surface area contributed by atoms with Crippen LogP contribution in [0.1, 0.15) is 22.8 Å². The van der Waals surface area contributed by atoms with E-state index in [2.05, 4.69) is 20.9 Å². The lowest BCUT2D eigenvalue weighted by molar-refractivity contribution is 0.103. The molecule has 2 rings (SSSR count). The van der Waals surface area contributed by atoms with Crippen LogP contribution in [0.5, 0.6) is 5.75 Å². The van der Waals surface area contributed by atoms with Gasteiger partial charge >= 0.3 is 0 Å². The van der Waals surface area contributed by atoms with Gasteiger partial charge in [-0.3, -0.25) is 9.78 Å². The predicted octanol–water partition coefficient (Wildman–Crippen LogP) is 3.61. The molecule has 0 bridgehead atoms. The first-order chi connectivity index (χ1) is 9.11. The molecule has 0 amide bonds. The van der Waals surface area contributed by atoms with Crippen LogP contribution in [-0.2, 0) is 0 Å². The predicted molar refractivity (Wildman–Crippen MR) is 72.9 cm³/mol. The van der Waals surface area contributed by atoms with Crippen molar-refractivity contribution in [1.29, 1.82) is 0 Å². The van der Waals surface area contributed by atoms with E-state index < -0.39 is 11.6 Å². The fraction of sp³-hybridized carbons (Fsp3) is 0.143. The summed E-state index contributed by atoms with van der Waals surface area (Å²) in [5.41, 5.74) is 0.299. The molecule has 0 fully saturated rings. The number of ether oxygens (including phenoxy) is 1. The van der Waals surface area contributed by atoms with Crippen molar-refractivity contribution in [1.82, 2.24) is 4.98 Å². The minimum atomic E-state index is -0.560. The number of aromatic nitrogens is 1. The van der Waals surface area contributed by atoms with Gasteiger partial charge in [0.25, 0.3) is 0 Å². The van der Waals surface area contributed by atoms with Crippen LogP contribution in [0.25, 0.3) is 0 Å². The highest BCUT2D eigenvalue weighted by atomic mass is 79.9. The van der Waals surface area contributed by atoms with Gasteiger partial charge in [-0.15, -0.1) is 0 Å². The first-order valence-corrected chi connectivity index (χ1v) is 6.48. The summed E-state index contributed by atoms with van der Waals surface area (Å²) < 4.78 is 19.6. The van der Waals surface area contributed by atoms with Crippen LogP contribution in [-0.4, -0.2) is 17.4 Å². The normalized spacial score (nSPS) is 10.3. The van der Waals surface area contributed by atoms with E-state index >= 15 is 0 Å². The van der Waals surface area contributed by atoms with Crippen molar-refractivity contribution >= 4 is 21.7 Å². The molecule has 0 saturated carbocycles. The number of carbonyl (C=O) groups excluding carboxylic acids is 1. The van der Waals surface area contributed by atoms with Gasteiger partial charge in [0.15, 0.2) is 5.78 Å². The molecule has 0 atom stereocenters. The van der Waals surface area contributed by atoms with E-state index in [4.69, 9.17) is 4.74 Å². The topological polar surface area (TPSA) is 39.2 Å². The number of halogens is 2. The lowest BCUT2D eigenvalue weighted by atomic mass is 10.0. The first kappa shape index (κ1) is 13.7. The van der Waals surface area contributed by atoms with Crippen molar-refractivity contribution < 1.29 is 13.9 Å². The zero-order valence-electron chi connectivity index (χ0n) is 10.2. The SMILES string of the molecule is CCOc1cncc(C(=O)c2cc(Br)ccc2F)c1. The number of carbonyl (C=O) groups is 1.